The number of carbonyl (C=O) groups is 1. The van der Waals surface area contributed by atoms with Crippen LogP contribution in [0.3, 0.4) is 0 Å². The Morgan fingerprint density at radius 1 is 1.29 bits per heavy atom. The van der Waals surface area contributed by atoms with Crippen molar-refractivity contribution in [3.05, 3.63) is 48.0 Å². The molecule has 0 unspecified atom stereocenters. The summed E-state index contributed by atoms with van der Waals surface area (Å²) in [6, 6.07) is 6.70. The second kappa shape index (κ2) is 4.61. The number of aromatic nitrogens is 2. The van der Waals surface area contributed by atoms with Crippen LogP contribution in [0.4, 0.5) is 11.4 Å². The molecule has 0 aliphatic rings. The summed E-state index contributed by atoms with van der Waals surface area (Å²) < 4.78 is 0. The molecular formula is C12H12N4O. The number of nitrogens with zero attached hydrogens (tertiary/aromatic N) is 2. The Bertz CT molecular complexity index is 554. The first kappa shape index (κ1) is 11.1. The van der Waals surface area contributed by atoms with E-state index >= 15 is 0 Å². The fraction of sp³-hybridized carbons (Fsp3) is 0.0833. The van der Waals surface area contributed by atoms with Gasteiger partial charge in [-0.15, -0.1) is 0 Å². The average molecular weight is 228 g/mol. The molecule has 0 radical (unpaired) electrons. The Hall–Kier alpha value is -2.43. The van der Waals surface area contributed by atoms with E-state index in [9.17, 15) is 4.79 Å². The molecule has 0 aromatic carbocycles. The second-order valence-corrected chi connectivity index (χ2v) is 3.56. The molecule has 0 saturated carbocycles. The van der Waals surface area contributed by atoms with Crippen molar-refractivity contribution in [1.82, 2.24) is 9.97 Å². The van der Waals surface area contributed by atoms with Crippen LogP contribution in [0.25, 0.3) is 0 Å². The van der Waals surface area contributed by atoms with Crippen LogP contribution in [0.2, 0.25) is 0 Å². The summed E-state index contributed by atoms with van der Waals surface area (Å²) in [6.45, 7) is 1.82. The van der Waals surface area contributed by atoms with E-state index in [1.165, 1.54) is 12.3 Å². The summed E-state index contributed by atoms with van der Waals surface area (Å²) in [5.41, 5.74) is 7.80. The van der Waals surface area contributed by atoms with E-state index in [0.29, 0.717) is 11.4 Å². The molecule has 3 N–H and O–H groups in total. The summed E-state index contributed by atoms with van der Waals surface area (Å²) in [6.07, 6.45) is 3.17. The molecule has 0 spiro atoms. The van der Waals surface area contributed by atoms with Crippen molar-refractivity contribution in [2.75, 3.05) is 11.1 Å². The molecule has 0 atom stereocenters. The van der Waals surface area contributed by atoms with E-state index in [-0.39, 0.29) is 11.6 Å². The highest BCUT2D eigenvalue weighted by atomic mass is 16.1. The van der Waals surface area contributed by atoms with E-state index in [0.717, 1.165) is 5.69 Å². The van der Waals surface area contributed by atoms with Crippen molar-refractivity contribution >= 4 is 17.3 Å². The predicted molar refractivity (Wildman–Crippen MR) is 65.6 cm³/mol. The highest BCUT2D eigenvalue weighted by Gasteiger charge is 2.09. The van der Waals surface area contributed by atoms with Gasteiger partial charge in [-0.2, -0.15) is 0 Å². The van der Waals surface area contributed by atoms with E-state index in [2.05, 4.69) is 15.3 Å². The third kappa shape index (κ3) is 2.57. The summed E-state index contributed by atoms with van der Waals surface area (Å²) in [5, 5.41) is 2.73. The molecule has 5 nitrogen and oxygen atoms in total. The maximum Gasteiger partial charge on any atom is 0.274 e. The van der Waals surface area contributed by atoms with Crippen LogP contribution in [0.15, 0.2) is 36.7 Å². The van der Waals surface area contributed by atoms with Crippen LogP contribution in [-0.2, 0) is 0 Å². The molecule has 1 amide bonds. The highest BCUT2D eigenvalue weighted by molar-refractivity contribution is 6.03. The molecule has 2 rings (SSSR count). The number of carbonyl (C=O) groups excluding carboxylic acids is 1. The lowest BCUT2D eigenvalue weighted by Crippen LogP contribution is -2.14. The number of pyridine rings is 2. The van der Waals surface area contributed by atoms with Crippen LogP contribution in [0.5, 0.6) is 0 Å². The molecule has 0 aliphatic carbocycles. The molecule has 5 heteroatoms. The largest absolute Gasteiger partial charge is 0.399 e. The van der Waals surface area contributed by atoms with E-state index in [1.807, 2.05) is 6.92 Å². The maximum atomic E-state index is 11.9. The lowest BCUT2D eigenvalue weighted by molar-refractivity contribution is 0.102. The molecule has 0 saturated heterocycles. The number of amides is 1. The zero-order chi connectivity index (χ0) is 12.3. The van der Waals surface area contributed by atoms with Gasteiger partial charge in [-0.1, -0.05) is 0 Å². The smallest absolute Gasteiger partial charge is 0.274 e. The van der Waals surface area contributed by atoms with Gasteiger partial charge in [0.15, 0.2) is 0 Å². The molecule has 0 aliphatic heterocycles. The van der Waals surface area contributed by atoms with Crippen molar-refractivity contribution in [2.45, 2.75) is 6.92 Å². The number of hydrogen-bond donors (Lipinski definition) is 2. The minimum absolute atomic E-state index is 0.285. The zero-order valence-electron chi connectivity index (χ0n) is 9.34. The Kier molecular flexibility index (Phi) is 3.00. The lowest BCUT2D eigenvalue weighted by atomic mass is 10.2. The van der Waals surface area contributed by atoms with Gasteiger partial charge in [-0.3, -0.25) is 14.8 Å². The van der Waals surface area contributed by atoms with Gasteiger partial charge < -0.3 is 11.1 Å². The first-order valence-electron chi connectivity index (χ1n) is 5.11. The summed E-state index contributed by atoms with van der Waals surface area (Å²) in [4.78, 5) is 19.9. The molecule has 2 aromatic heterocycles. The van der Waals surface area contributed by atoms with Gasteiger partial charge in [0.2, 0.25) is 0 Å². The SMILES string of the molecule is Cc1ncccc1NC(=O)c1cc(N)ccn1. The molecule has 86 valence electrons. The Balaban J connectivity index is 2.20. The first-order valence-corrected chi connectivity index (χ1v) is 5.11. The van der Waals surface area contributed by atoms with E-state index in [1.54, 1.807) is 24.4 Å². The van der Waals surface area contributed by atoms with Crippen LogP contribution in [0.1, 0.15) is 16.2 Å². The number of aryl methyl sites for hydroxylation is 1. The quantitative estimate of drug-likeness (QED) is 0.818. The number of anilines is 2. The lowest BCUT2D eigenvalue weighted by Gasteiger charge is -2.06. The zero-order valence-corrected chi connectivity index (χ0v) is 9.34. The van der Waals surface area contributed by atoms with E-state index in [4.69, 9.17) is 5.73 Å². The fourth-order valence-corrected chi connectivity index (χ4v) is 1.37. The minimum atomic E-state index is -0.298. The van der Waals surface area contributed by atoms with Crippen LogP contribution < -0.4 is 11.1 Å². The predicted octanol–water partition coefficient (Wildman–Crippen LogP) is 1.62. The summed E-state index contributed by atoms with van der Waals surface area (Å²) in [7, 11) is 0. The summed E-state index contributed by atoms with van der Waals surface area (Å²) in [5.74, 6) is -0.298. The molecule has 0 fully saturated rings. The van der Waals surface area contributed by atoms with Gasteiger partial charge in [-0.05, 0) is 31.2 Å². The number of hydrogen-bond acceptors (Lipinski definition) is 4. The standard InChI is InChI=1S/C12H12N4O/c1-8-10(3-2-5-14-8)16-12(17)11-7-9(13)4-6-15-11/h2-7H,1H3,(H2,13,15)(H,16,17). The third-order valence-corrected chi connectivity index (χ3v) is 2.27. The first-order chi connectivity index (χ1) is 8.16. The normalized spacial score (nSPS) is 9.94. The van der Waals surface area contributed by atoms with E-state index < -0.39 is 0 Å². The van der Waals surface area contributed by atoms with Crippen LogP contribution in [0, 0.1) is 6.92 Å². The van der Waals surface area contributed by atoms with Gasteiger partial charge >= 0.3 is 0 Å². The van der Waals surface area contributed by atoms with Crippen LogP contribution >= 0.6 is 0 Å². The van der Waals surface area contributed by atoms with Gasteiger partial charge in [0.05, 0.1) is 11.4 Å². The number of nitrogens with one attached hydrogen (secondary N) is 1. The second-order valence-electron chi connectivity index (χ2n) is 3.56. The van der Waals surface area contributed by atoms with Crippen molar-refractivity contribution in [2.24, 2.45) is 0 Å². The number of nitrogen functional groups attached to an aromatic ring is 1. The molecule has 2 heterocycles. The van der Waals surface area contributed by atoms with Crippen molar-refractivity contribution in [1.29, 1.82) is 0 Å². The topological polar surface area (TPSA) is 80.9 Å². The number of rotatable bonds is 2. The minimum Gasteiger partial charge on any atom is -0.399 e. The summed E-state index contributed by atoms with van der Waals surface area (Å²) >= 11 is 0. The average Bonchev–Trinajstić information content (AvgIpc) is 2.32. The van der Waals surface area contributed by atoms with Crippen LogP contribution in [-0.4, -0.2) is 15.9 Å². The Morgan fingerprint density at radius 2 is 2.12 bits per heavy atom. The van der Waals surface area contributed by atoms with Crippen molar-refractivity contribution < 1.29 is 4.79 Å². The highest BCUT2D eigenvalue weighted by Crippen LogP contribution is 2.12. The number of nitrogens with two attached hydrogens (primary N) is 1. The Morgan fingerprint density at radius 3 is 2.82 bits per heavy atom. The molecule has 17 heavy (non-hydrogen) atoms. The van der Waals surface area contributed by atoms with Crippen molar-refractivity contribution in [3.8, 4) is 0 Å². The van der Waals surface area contributed by atoms with Crippen molar-refractivity contribution in [3.63, 3.8) is 0 Å². The monoisotopic (exact) mass is 228 g/mol. The van der Waals surface area contributed by atoms with Gasteiger partial charge in [-0.25, -0.2) is 0 Å². The molecular weight excluding hydrogens is 216 g/mol. The van der Waals surface area contributed by atoms with Gasteiger partial charge in [0, 0.05) is 18.1 Å². The maximum absolute atomic E-state index is 11.9. The van der Waals surface area contributed by atoms with Gasteiger partial charge in [0.1, 0.15) is 5.69 Å². The molecule has 2 aromatic rings. The van der Waals surface area contributed by atoms with Gasteiger partial charge in [0.25, 0.3) is 5.91 Å². The fourth-order valence-electron chi connectivity index (χ4n) is 1.37. The third-order valence-electron chi connectivity index (χ3n) is 2.27. The Labute approximate surface area is 98.7 Å². The molecule has 0 bridgehead atoms.